The quantitative estimate of drug-likeness (QED) is 0.822. The number of amides is 1. The monoisotopic (exact) mass is 244 g/mol. The zero-order chi connectivity index (χ0) is 11.4. The van der Waals surface area contributed by atoms with Gasteiger partial charge in [-0.05, 0) is 38.2 Å². The van der Waals surface area contributed by atoms with Crippen molar-refractivity contribution < 1.29 is 9.90 Å². The van der Waals surface area contributed by atoms with Crippen LogP contribution in [0.3, 0.4) is 0 Å². The minimum atomic E-state index is -0.340. The lowest BCUT2D eigenvalue weighted by molar-refractivity contribution is -0.122. The smallest absolute Gasteiger partial charge is 0.235 e. The van der Waals surface area contributed by atoms with Crippen molar-refractivity contribution in [1.29, 1.82) is 0 Å². The van der Waals surface area contributed by atoms with E-state index in [2.05, 4.69) is 0 Å². The largest absolute Gasteiger partial charge is 0.508 e. The maximum atomic E-state index is 11.1. The molecule has 5 heteroatoms. The van der Waals surface area contributed by atoms with Gasteiger partial charge < -0.3 is 10.8 Å². The predicted octanol–water partition coefficient (Wildman–Crippen LogP) is 0.772. The standard InChI is InChI=1S/C11H16N2O2.ClH/c1-13(2)10(11(12)15)7-8-3-5-9(14)6-4-8;/h3-6,10,14H,7H2,1-2H3,(H2,12,15);1H. The molecule has 1 amide bonds. The number of nitrogens with two attached hydrogens (primary N) is 1. The number of phenolic OH excluding ortho intramolecular Hbond substituents is 1. The zero-order valence-corrected chi connectivity index (χ0v) is 10.2. The van der Waals surface area contributed by atoms with Crippen LogP contribution in [-0.2, 0) is 11.2 Å². The van der Waals surface area contributed by atoms with Crippen molar-refractivity contribution in [1.82, 2.24) is 4.90 Å². The molecular formula is C11H17ClN2O2. The topological polar surface area (TPSA) is 66.6 Å². The second-order valence-corrected chi connectivity index (χ2v) is 3.75. The molecule has 1 aromatic rings. The normalized spacial score (nSPS) is 11.9. The summed E-state index contributed by atoms with van der Waals surface area (Å²) >= 11 is 0. The molecular weight excluding hydrogens is 228 g/mol. The van der Waals surface area contributed by atoms with E-state index in [0.29, 0.717) is 6.42 Å². The van der Waals surface area contributed by atoms with Gasteiger partial charge in [0.25, 0.3) is 0 Å². The molecule has 16 heavy (non-hydrogen) atoms. The van der Waals surface area contributed by atoms with E-state index >= 15 is 0 Å². The molecule has 0 aliphatic carbocycles. The summed E-state index contributed by atoms with van der Waals surface area (Å²) in [6.07, 6.45) is 0.558. The van der Waals surface area contributed by atoms with Gasteiger partial charge in [0.05, 0.1) is 6.04 Å². The van der Waals surface area contributed by atoms with Crippen LogP contribution in [0.4, 0.5) is 0 Å². The maximum Gasteiger partial charge on any atom is 0.235 e. The van der Waals surface area contributed by atoms with Crippen molar-refractivity contribution in [2.24, 2.45) is 5.73 Å². The number of benzene rings is 1. The van der Waals surface area contributed by atoms with Gasteiger partial charge in [0.2, 0.25) is 5.91 Å². The number of nitrogens with zero attached hydrogens (tertiary/aromatic N) is 1. The molecule has 1 aromatic carbocycles. The van der Waals surface area contributed by atoms with E-state index in [9.17, 15) is 4.79 Å². The number of rotatable bonds is 4. The van der Waals surface area contributed by atoms with E-state index in [0.717, 1.165) is 5.56 Å². The summed E-state index contributed by atoms with van der Waals surface area (Å²) in [7, 11) is 3.63. The summed E-state index contributed by atoms with van der Waals surface area (Å²) in [4.78, 5) is 12.9. The summed E-state index contributed by atoms with van der Waals surface area (Å²) < 4.78 is 0. The first kappa shape index (κ1) is 14.7. The Bertz CT molecular complexity index is 338. The van der Waals surface area contributed by atoms with Crippen molar-refractivity contribution in [3.05, 3.63) is 29.8 Å². The van der Waals surface area contributed by atoms with Gasteiger partial charge in [0, 0.05) is 0 Å². The first-order chi connectivity index (χ1) is 7.00. The first-order valence-electron chi connectivity index (χ1n) is 4.74. The van der Waals surface area contributed by atoms with Crippen LogP contribution in [-0.4, -0.2) is 36.1 Å². The fourth-order valence-electron chi connectivity index (χ4n) is 1.39. The van der Waals surface area contributed by atoms with Gasteiger partial charge in [-0.2, -0.15) is 0 Å². The molecule has 0 saturated heterocycles. The Hall–Kier alpha value is -1.26. The molecule has 1 unspecified atom stereocenters. The van der Waals surface area contributed by atoms with Crippen LogP contribution in [0.15, 0.2) is 24.3 Å². The van der Waals surface area contributed by atoms with Gasteiger partial charge in [-0.15, -0.1) is 12.4 Å². The van der Waals surface area contributed by atoms with Crippen molar-refractivity contribution >= 4 is 18.3 Å². The van der Waals surface area contributed by atoms with Crippen molar-refractivity contribution in [3.8, 4) is 5.75 Å². The lowest BCUT2D eigenvalue weighted by atomic mass is 10.0. The molecule has 3 N–H and O–H groups in total. The van der Waals surface area contributed by atoms with Gasteiger partial charge in [-0.25, -0.2) is 0 Å². The van der Waals surface area contributed by atoms with Gasteiger partial charge in [-0.1, -0.05) is 12.1 Å². The van der Waals surface area contributed by atoms with Crippen LogP contribution >= 0.6 is 12.4 Å². The molecule has 1 rings (SSSR count). The number of hydrogen-bond donors (Lipinski definition) is 2. The van der Waals surface area contributed by atoms with E-state index in [-0.39, 0.29) is 30.1 Å². The molecule has 0 fully saturated rings. The van der Waals surface area contributed by atoms with Crippen molar-refractivity contribution in [3.63, 3.8) is 0 Å². The van der Waals surface area contributed by atoms with Crippen LogP contribution in [0, 0.1) is 0 Å². The van der Waals surface area contributed by atoms with Crippen molar-refractivity contribution in [2.75, 3.05) is 14.1 Å². The molecule has 4 nitrogen and oxygen atoms in total. The van der Waals surface area contributed by atoms with Crippen LogP contribution in [0.2, 0.25) is 0 Å². The first-order valence-corrected chi connectivity index (χ1v) is 4.74. The highest BCUT2D eigenvalue weighted by atomic mass is 35.5. The van der Waals surface area contributed by atoms with E-state index in [1.165, 1.54) is 0 Å². The van der Waals surface area contributed by atoms with Crippen LogP contribution in [0.1, 0.15) is 5.56 Å². The number of carbonyl (C=O) groups excluding carboxylic acids is 1. The number of hydrogen-bond acceptors (Lipinski definition) is 3. The average molecular weight is 245 g/mol. The molecule has 0 radical (unpaired) electrons. The molecule has 90 valence electrons. The molecule has 1 atom stereocenters. The van der Waals surface area contributed by atoms with Gasteiger partial charge in [-0.3, -0.25) is 9.69 Å². The lowest BCUT2D eigenvalue weighted by Gasteiger charge is -2.20. The van der Waals surface area contributed by atoms with E-state index in [1.54, 1.807) is 29.2 Å². The second kappa shape index (κ2) is 6.35. The Balaban J connectivity index is 0.00000225. The number of likely N-dealkylation sites (N-methyl/N-ethyl adjacent to an activating group) is 1. The van der Waals surface area contributed by atoms with Crippen LogP contribution in [0.5, 0.6) is 5.75 Å². The molecule has 0 spiro atoms. The fourth-order valence-corrected chi connectivity index (χ4v) is 1.39. The number of carbonyl (C=O) groups is 1. The summed E-state index contributed by atoms with van der Waals surface area (Å²) in [5.74, 6) is -0.118. The number of halogens is 1. The van der Waals surface area contributed by atoms with Gasteiger partial charge in [0.15, 0.2) is 0 Å². The Morgan fingerprint density at radius 3 is 2.25 bits per heavy atom. The average Bonchev–Trinajstić information content (AvgIpc) is 2.15. The lowest BCUT2D eigenvalue weighted by Crippen LogP contribution is -2.41. The molecule has 0 aliphatic rings. The Morgan fingerprint density at radius 2 is 1.88 bits per heavy atom. The summed E-state index contributed by atoms with van der Waals surface area (Å²) in [6, 6.07) is 6.46. The number of aromatic hydroxyl groups is 1. The minimum absolute atomic E-state index is 0. The summed E-state index contributed by atoms with van der Waals surface area (Å²) in [5.41, 5.74) is 6.26. The third-order valence-electron chi connectivity index (χ3n) is 2.32. The van der Waals surface area contributed by atoms with Gasteiger partial charge in [0.1, 0.15) is 5.75 Å². The maximum absolute atomic E-state index is 11.1. The minimum Gasteiger partial charge on any atom is -0.508 e. The van der Waals surface area contributed by atoms with E-state index in [1.807, 2.05) is 14.1 Å². The number of primary amides is 1. The van der Waals surface area contributed by atoms with Gasteiger partial charge >= 0.3 is 0 Å². The van der Waals surface area contributed by atoms with E-state index < -0.39 is 0 Å². The molecule has 0 bridgehead atoms. The molecule has 0 saturated carbocycles. The third-order valence-corrected chi connectivity index (χ3v) is 2.32. The van der Waals surface area contributed by atoms with E-state index in [4.69, 9.17) is 10.8 Å². The predicted molar refractivity (Wildman–Crippen MR) is 65.7 cm³/mol. The fraction of sp³-hybridized carbons (Fsp3) is 0.364. The highest BCUT2D eigenvalue weighted by Crippen LogP contribution is 2.12. The highest BCUT2D eigenvalue weighted by molar-refractivity contribution is 5.85. The van der Waals surface area contributed by atoms with Crippen LogP contribution in [0.25, 0.3) is 0 Å². The van der Waals surface area contributed by atoms with Crippen LogP contribution < -0.4 is 5.73 Å². The Kier molecular flexibility index (Phi) is 5.85. The molecule has 0 heterocycles. The Labute approximate surface area is 101 Å². The summed E-state index contributed by atoms with van der Waals surface area (Å²) in [5, 5.41) is 9.11. The zero-order valence-electron chi connectivity index (χ0n) is 9.38. The third kappa shape index (κ3) is 4.08. The molecule has 0 aromatic heterocycles. The highest BCUT2D eigenvalue weighted by Gasteiger charge is 2.17. The SMILES string of the molecule is CN(C)C(Cc1ccc(O)cc1)C(N)=O.Cl. The Morgan fingerprint density at radius 1 is 1.38 bits per heavy atom. The summed E-state index contributed by atoms with van der Waals surface area (Å²) in [6.45, 7) is 0. The second-order valence-electron chi connectivity index (χ2n) is 3.75. The molecule has 0 aliphatic heterocycles. The number of phenols is 1. The van der Waals surface area contributed by atoms with Crippen molar-refractivity contribution in [2.45, 2.75) is 12.5 Å².